The molecule has 0 aromatic carbocycles. The van der Waals surface area contributed by atoms with Crippen molar-refractivity contribution >= 4 is 35.8 Å². The standard InChI is InChI=1S/C12H14N4O2.2ClH/c17-11-9-2-1-5-14-10(9)15-12(18)16(11)8-3-6-13-7-4-8;;/h1-2,5,8,13H,3-4,6-7H2,(H,14,15,18);2*1H. The predicted molar refractivity (Wildman–Crippen MR) is 82.3 cm³/mol. The van der Waals surface area contributed by atoms with Crippen molar-refractivity contribution in [3.8, 4) is 0 Å². The first-order valence-corrected chi connectivity index (χ1v) is 6.07. The molecule has 2 aromatic rings. The van der Waals surface area contributed by atoms with Gasteiger partial charge >= 0.3 is 5.69 Å². The van der Waals surface area contributed by atoms with E-state index in [0.29, 0.717) is 11.0 Å². The largest absolute Gasteiger partial charge is 0.330 e. The number of pyridine rings is 1. The molecule has 20 heavy (non-hydrogen) atoms. The maximum Gasteiger partial charge on any atom is 0.330 e. The molecule has 1 aliphatic rings. The molecule has 0 radical (unpaired) electrons. The maximum absolute atomic E-state index is 12.3. The lowest BCUT2D eigenvalue weighted by Crippen LogP contribution is -2.42. The van der Waals surface area contributed by atoms with Crippen molar-refractivity contribution in [3.63, 3.8) is 0 Å². The molecule has 0 bridgehead atoms. The Morgan fingerprint density at radius 3 is 2.60 bits per heavy atom. The summed E-state index contributed by atoms with van der Waals surface area (Å²) in [6.45, 7) is 1.67. The number of nitrogens with one attached hydrogen (secondary N) is 2. The van der Waals surface area contributed by atoms with Crippen LogP contribution < -0.4 is 16.6 Å². The van der Waals surface area contributed by atoms with Gasteiger partial charge in [0, 0.05) is 12.2 Å². The van der Waals surface area contributed by atoms with Crippen LogP contribution in [0.3, 0.4) is 0 Å². The van der Waals surface area contributed by atoms with Crippen molar-refractivity contribution in [3.05, 3.63) is 39.2 Å². The highest BCUT2D eigenvalue weighted by atomic mass is 35.5. The minimum absolute atomic E-state index is 0. The fraction of sp³-hybridized carbons (Fsp3) is 0.417. The molecular weight excluding hydrogens is 303 g/mol. The van der Waals surface area contributed by atoms with E-state index in [4.69, 9.17) is 0 Å². The topological polar surface area (TPSA) is 79.8 Å². The van der Waals surface area contributed by atoms with Gasteiger partial charge in [-0.15, -0.1) is 24.8 Å². The molecule has 2 N–H and O–H groups in total. The minimum Gasteiger partial charge on any atom is -0.317 e. The van der Waals surface area contributed by atoms with Gasteiger partial charge in [-0.05, 0) is 38.1 Å². The molecule has 1 saturated heterocycles. The Kier molecular flexibility index (Phi) is 5.74. The van der Waals surface area contributed by atoms with Crippen LogP contribution in [0.25, 0.3) is 11.0 Å². The fourth-order valence-electron chi connectivity index (χ4n) is 2.46. The monoisotopic (exact) mass is 318 g/mol. The first-order chi connectivity index (χ1) is 8.77. The number of halogens is 2. The number of fused-ring (bicyclic) bond motifs is 1. The number of H-pyrrole nitrogens is 1. The van der Waals surface area contributed by atoms with Gasteiger partial charge in [0.25, 0.3) is 5.56 Å². The van der Waals surface area contributed by atoms with E-state index in [1.54, 1.807) is 18.3 Å². The third-order valence-corrected chi connectivity index (χ3v) is 3.37. The van der Waals surface area contributed by atoms with E-state index in [2.05, 4.69) is 15.3 Å². The van der Waals surface area contributed by atoms with E-state index >= 15 is 0 Å². The Labute approximate surface area is 127 Å². The molecule has 0 atom stereocenters. The Bertz CT molecular complexity index is 692. The average Bonchev–Trinajstić information content (AvgIpc) is 2.40. The van der Waals surface area contributed by atoms with E-state index in [1.807, 2.05) is 0 Å². The van der Waals surface area contributed by atoms with Gasteiger partial charge in [0.05, 0.1) is 5.39 Å². The molecule has 1 fully saturated rings. The normalized spacial score (nSPS) is 15.4. The number of rotatable bonds is 1. The van der Waals surface area contributed by atoms with Gasteiger partial charge in [-0.1, -0.05) is 0 Å². The first kappa shape index (κ1) is 16.7. The van der Waals surface area contributed by atoms with E-state index in [9.17, 15) is 9.59 Å². The van der Waals surface area contributed by atoms with Gasteiger partial charge in [0.2, 0.25) is 0 Å². The van der Waals surface area contributed by atoms with Gasteiger partial charge in [-0.2, -0.15) is 0 Å². The third-order valence-electron chi connectivity index (χ3n) is 3.37. The van der Waals surface area contributed by atoms with Gasteiger partial charge in [0.15, 0.2) is 0 Å². The molecule has 110 valence electrons. The van der Waals surface area contributed by atoms with Crippen LogP contribution in [-0.4, -0.2) is 27.6 Å². The number of aromatic amines is 1. The third kappa shape index (κ3) is 2.87. The summed E-state index contributed by atoms with van der Waals surface area (Å²) >= 11 is 0. The van der Waals surface area contributed by atoms with Crippen LogP contribution in [0.2, 0.25) is 0 Å². The Balaban J connectivity index is 0.000001000. The molecule has 6 nitrogen and oxygen atoms in total. The second-order valence-electron chi connectivity index (χ2n) is 4.49. The summed E-state index contributed by atoms with van der Waals surface area (Å²) in [5, 5.41) is 3.69. The number of aromatic nitrogens is 3. The lowest BCUT2D eigenvalue weighted by atomic mass is 10.1. The molecule has 0 unspecified atom stereocenters. The molecular formula is C12H16Cl2N4O2. The second-order valence-corrected chi connectivity index (χ2v) is 4.49. The van der Waals surface area contributed by atoms with Crippen LogP contribution >= 0.6 is 24.8 Å². The molecule has 0 spiro atoms. The zero-order chi connectivity index (χ0) is 12.5. The van der Waals surface area contributed by atoms with Crippen molar-refractivity contribution < 1.29 is 0 Å². The molecule has 0 amide bonds. The summed E-state index contributed by atoms with van der Waals surface area (Å²) in [6, 6.07) is 3.37. The minimum atomic E-state index is -0.363. The van der Waals surface area contributed by atoms with Crippen LogP contribution in [0, 0.1) is 0 Å². The summed E-state index contributed by atoms with van der Waals surface area (Å²) in [4.78, 5) is 31.0. The van der Waals surface area contributed by atoms with Gasteiger partial charge in [-0.3, -0.25) is 14.3 Å². The van der Waals surface area contributed by atoms with Crippen LogP contribution in [0.5, 0.6) is 0 Å². The van der Waals surface area contributed by atoms with Crippen LogP contribution in [0.1, 0.15) is 18.9 Å². The molecule has 0 saturated carbocycles. The number of piperidine rings is 1. The summed E-state index contributed by atoms with van der Waals surface area (Å²) in [7, 11) is 0. The van der Waals surface area contributed by atoms with Crippen molar-refractivity contribution in [2.45, 2.75) is 18.9 Å². The van der Waals surface area contributed by atoms with Gasteiger partial charge in [-0.25, -0.2) is 9.78 Å². The van der Waals surface area contributed by atoms with Crippen molar-refractivity contribution in [1.82, 2.24) is 19.9 Å². The van der Waals surface area contributed by atoms with Crippen molar-refractivity contribution in [2.24, 2.45) is 0 Å². The highest BCUT2D eigenvalue weighted by molar-refractivity contribution is 5.85. The molecule has 3 heterocycles. The Morgan fingerprint density at radius 1 is 1.20 bits per heavy atom. The SMILES string of the molecule is Cl.Cl.O=c1[nH]c2ncccc2c(=O)n1C1CCNCC1. The summed E-state index contributed by atoms with van der Waals surface area (Å²) in [6.07, 6.45) is 3.16. The predicted octanol–water partition coefficient (Wildman–Crippen LogP) is 0.853. The summed E-state index contributed by atoms with van der Waals surface area (Å²) in [5.74, 6) is 0. The summed E-state index contributed by atoms with van der Waals surface area (Å²) in [5.41, 5.74) is -0.246. The van der Waals surface area contributed by atoms with Crippen molar-refractivity contribution in [1.29, 1.82) is 0 Å². The van der Waals surface area contributed by atoms with E-state index in [0.717, 1.165) is 25.9 Å². The van der Waals surface area contributed by atoms with Crippen LogP contribution in [-0.2, 0) is 0 Å². The molecule has 1 aliphatic heterocycles. The maximum atomic E-state index is 12.3. The second kappa shape index (κ2) is 6.88. The number of hydrogen-bond acceptors (Lipinski definition) is 4. The smallest absolute Gasteiger partial charge is 0.317 e. The Morgan fingerprint density at radius 2 is 1.90 bits per heavy atom. The quantitative estimate of drug-likeness (QED) is 0.817. The van der Waals surface area contributed by atoms with Gasteiger partial charge in [0.1, 0.15) is 5.65 Å². The highest BCUT2D eigenvalue weighted by Gasteiger charge is 2.19. The van der Waals surface area contributed by atoms with E-state index in [1.165, 1.54) is 4.57 Å². The first-order valence-electron chi connectivity index (χ1n) is 6.07. The summed E-state index contributed by atoms with van der Waals surface area (Å²) < 4.78 is 1.34. The zero-order valence-electron chi connectivity index (χ0n) is 10.7. The molecule has 0 aliphatic carbocycles. The number of hydrogen-bond donors (Lipinski definition) is 2. The number of nitrogens with zero attached hydrogens (tertiary/aromatic N) is 2. The zero-order valence-corrected chi connectivity index (χ0v) is 12.3. The van der Waals surface area contributed by atoms with Crippen molar-refractivity contribution in [2.75, 3.05) is 13.1 Å². The highest BCUT2D eigenvalue weighted by Crippen LogP contribution is 2.14. The fourth-order valence-corrected chi connectivity index (χ4v) is 2.46. The van der Waals surface area contributed by atoms with Gasteiger partial charge < -0.3 is 5.32 Å². The lowest BCUT2D eigenvalue weighted by Gasteiger charge is -2.23. The van der Waals surface area contributed by atoms with E-state index < -0.39 is 0 Å². The molecule has 8 heteroatoms. The molecule has 3 rings (SSSR count). The van der Waals surface area contributed by atoms with E-state index in [-0.39, 0.29) is 42.1 Å². The molecule has 2 aromatic heterocycles. The van der Waals surface area contributed by atoms with Crippen LogP contribution in [0.15, 0.2) is 27.9 Å². The van der Waals surface area contributed by atoms with Crippen LogP contribution in [0.4, 0.5) is 0 Å². The average molecular weight is 319 g/mol. The lowest BCUT2D eigenvalue weighted by molar-refractivity contribution is 0.352. The Hall–Kier alpha value is -1.37.